The van der Waals surface area contributed by atoms with E-state index in [1.165, 1.54) is 11.8 Å². The molecule has 0 radical (unpaired) electrons. The van der Waals surface area contributed by atoms with Crippen molar-refractivity contribution in [3.8, 4) is 0 Å². The second-order valence-corrected chi connectivity index (χ2v) is 15.0. The maximum atomic E-state index is 13.5. The van der Waals surface area contributed by atoms with Crippen molar-refractivity contribution in [3.05, 3.63) is 48.6 Å². The number of hydrogen-bond acceptors (Lipinski definition) is 9. The van der Waals surface area contributed by atoms with Crippen molar-refractivity contribution >= 4 is 41.7 Å². The predicted octanol–water partition coefficient (Wildman–Crippen LogP) is 4.04. The molecular weight excluding hydrogens is 662 g/mol. The van der Waals surface area contributed by atoms with Gasteiger partial charge in [0.15, 0.2) is 0 Å². The van der Waals surface area contributed by atoms with Gasteiger partial charge in [-0.1, -0.05) is 64.1 Å². The fourth-order valence-corrected chi connectivity index (χ4v) is 5.33. The number of ether oxygens (including phenoxy) is 2. The average Bonchev–Trinajstić information content (AvgIpc) is 3.02. The fraction of sp³-hybridized carbons (Fsp3) is 0.639. The molecule has 13 nitrogen and oxygen atoms in total. The standard InChI is InChI=1S/C36H59N5O8S/c1-11-15-26(38-31(43)27(18-19-50-10)39-33(45)30(23(4)5)41-35(47)49-36(7,8)9)28(42)20-24(6)37-32(44)29(22(2)3)40-34(46)48-21-25-16-13-12-14-17-25/h11-14,16-17,22-24,26-30,42H,1,15,18-21H2,2-10H3,(H,37,44)(H,38,43)(H,39,45)(H,40,46)(H,41,47)/t24-,26+,27+,28+,29+,30+/m1/s1. The number of alkyl carbamates (subject to hydrolysis) is 2. The minimum absolute atomic E-state index is 0.0568. The molecule has 282 valence electrons. The van der Waals surface area contributed by atoms with E-state index in [4.69, 9.17) is 9.47 Å². The molecule has 0 aliphatic heterocycles. The van der Waals surface area contributed by atoms with Crippen LogP contribution in [0.1, 0.15) is 80.2 Å². The molecule has 1 aromatic rings. The average molecular weight is 722 g/mol. The van der Waals surface area contributed by atoms with Crippen LogP contribution >= 0.6 is 11.8 Å². The normalized spacial score (nSPS) is 15.0. The Morgan fingerprint density at radius 2 is 1.40 bits per heavy atom. The van der Waals surface area contributed by atoms with Crippen LogP contribution in [0.3, 0.4) is 0 Å². The minimum Gasteiger partial charge on any atom is -0.445 e. The fourth-order valence-electron chi connectivity index (χ4n) is 4.86. The first-order valence-corrected chi connectivity index (χ1v) is 18.4. The lowest BCUT2D eigenvalue weighted by atomic mass is 9.98. The number of amides is 5. The largest absolute Gasteiger partial charge is 0.445 e. The summed E-state index contributed by atoms with van der Waals surface area (Å²) < 4.78 is 10.6. The van der Waals surface area contributed by atoms with Crippen molar-refractivity contribution in [1.29, 1.82) is 0 Å². The summed E-state index contributed by atoms with van der Waals surface area (Å²) in [6.07, 6.45) is 1.47. The molecule has 0 saturated carbocycles. The Balaban J connectivity index is 2.90. The molecule has 0 aliphatic rings. The Hall–Kier alpha value is -3.78. The van der Waals surface area contributed by atoms with Gasteiger partial charge in [-0.2, -0.15) is 11.8 Å². The third kappa shape index (κ3) is 17.2. The number of aliphatic hydroxyl groups excluding tert-OH is 1. The van der Waals surface area contributed by atoms with E-state index in [9.17, 15) is 29.1 Å². The Kier molecular flexibility index (Phi) is 19.6. The quantitative estimate of drug-likeness (QED) is 0.108. The van der Waals surface area contributed by atoms with Gasteiger partial charge in [0, 0.05) is 6.04 Å². The van der Waals surface area contributed by atoms with E-state index in [-0.39, 0.29) is 31.3 Å². The molecule has 0 spiro atoms. The molecule has 0 bridgehead atoms. The van der Waals surface area contributed by atoms with E-state index in [0.29, 0.717) is 12.2 Å². The van der Waals surface area contributed by atoms with Crippen LogP contribution < -0.4 is 26.6 Å². The van der Waals surface area contributed by atoms with Gasteiger partial charge in [0.25, 0.3) is 0 Å². The van der Waals surface area contributed by atoms with Crippen LogP contribution in [0.2, 0.25) is 0 Å². The number of thioether (sulfide) groups is 1. The molecule has 6 N–H and O–H groups in total. The molecule has 0 saturated heterocycles. The summed E-state index contributed by atoms with van der Waals surface area (Å²) in [6, 6.07) is 5.06. The van der Waals surface area contributed by atoms with E-state index in [2.05, 4.69) is 33.2 Å². The first-order valence-electron chi connectivity index (χ1n) is 17.0. The van der Waals surface area contributed by atoms with Gasteiger partial charge in [0.05, 0.1) is 12.1 Å². The zero-order valence-electron chi connectivity index (χ0n) is 31.0. The third-order valence-corrected chi connectivity index (χ3v) is 8.14. The number of carbonyl (C=O) groups is 5. The second-order valence-electron chi connectivity index (χ2n) is 14.0. The zero-order chi connectivity index (χ0) is 38.0. The molecule has 0 aliphatic carbocycles. The van der Waals surface area contributed by atoms with Gasteiger partial charge in [-0.3, -0.25) is 14.4 Å². The number of benzene rings is 1. The maximum Gasteiger partial charge on any atom is 0.408 e. The summed E-state index contributed by atoms with van der Waals surface area (Å²) in [5.41, 5.74) is 0.0540. The van der Waals surface area contributed by atoms with Gasteiger partial charge >= 0.3 is 12.2 Å². The first kappa shape index (κ1) is 44.2. The highest BCUT2D eigenvalue weighted by Crippen LogP contribution is 2.13. The summed E-state index contributed by atoms with van der Waals surface area (Å²) in [7, 11) is 0. The van der Waals surface area contributed by atoms with E-state index < -0.39 is 71.8 Å². The number of carbonyl (C=O) groups excluding carboxylic acids is 5. The molecule has 1 rings (SSSR count). The van der Waals surface area contributed by atoms with Crippen molar-refractivity contribution in [2.75, 3.05) is 12.0 Å². The summed E-state index contributed by atoms with van der Waals surface area (Å²) in [5, 5.41) is 24.9. The molecule has 50 heavy (non-hydrogen) atoms. The van der Waals surface area contributed by atoms with E-state index in [1.807, 2.05) is 36.6 Å². The van der Waals surface area contributed by atoms with Crippen molar-refractivity contribution in [2.45, 2.75) is 123 Å². The van der Waals surface area contributed by atoms with Crippen molar-refractivity contribution in [3.63, 3.8) is 0 Å². The lowest BCUT2D eigenvalue weighted by Gasteiger charge is -2.30. The third-order valence-electron chi connectivity index (χ3n) is 7.50. The summed E-state index contributed by atoms with van der Waals surface area (Å²) in [4.78, 5) is 64.9. The zero-order valence-corrected chi connectivity index (χ0v) is 31.9. The van der Waals surface area contributed by atoms with Crippen LogP contribution in [0.25, 0.3) is 0 Å². The SMILES string of the molecule is C=CC[C@H](NC(=O)[C@H](CCSC)NC(=O)[C@@H](NC(=O)OC(C)(C)C)C(C)C)[C@@H](O)C[C@@H](C)NC(=O)[C@@H](NC(=O)OCc1ccccc1)C(C)C. The van der Waals surface area contributed by atoms with Crippen molar-refractivity contribution in [2.24, 2.45) is 11.8 Å². The number of rotatable bonds is 20. The molecule has 6 atom stereocenters. The van der Waals surface area contributed by atoms with Gasteiger partial charge in [-0.15, -0.1) is 6.58 Å². The van der Waals surface area contributed by atoms with Gasteiger partial charge in [-0.25, -0.2) is 9.59 Å². The monoisotopic (exact) mass is 721 g/mol. The number of aliphatic hydroxyl groups is 1. The van der Waals surface area contributed by atoms with Gasteiger partial charge < -0.3 is 41.2 Å². The van der Waals surface area contributed by atoms with Crippen LogP contribution in [0.5, 0.6) is 0 Å². The summed E-state index contributed by atoms with van der Waals surface area (Å²) >= 11 is 1.50. The molecular formula is C36H59N5O8S. The molecule has 0 fully saturated rings. The minimum atomic E-state index is -1.09. The van der Waals surface area contributed by atoms with Crippen LogP contribution in [0, 0.1) is 11.8 Å². The predicted molar refractivity (Wildman–Crippen MR) is 196 cm³/mol. The van der Waals surface area contributed by atoms with Crippen LogP contribution in [0.15, 0.2) is 43.0 Å². The highest BCUT2D eigenvalue weighted by molar-refractivity contribution is 7.98. The molecule has 0 heterocycles. The first-order chi connectivity index (χ1) is 23.4. The second kappa shape index (κ2) is 22.1. The van der Waals surface area contributed by atoms with Crippen molar-refractivity contribution < 1.29 is 38.6 Å². The highest BCUT2D eigenvalue weighted by Gasteiger charge is 2.33. The lowest BCUT2D eigenvalue weighted by molar-refractivity contribution is -0.131. The molecule has 0 aromatic heterocycles. The Bertz CT molecular complexity index is 1240. The van der Waals surface area contributed by atoms with Crippen LogP contribution in [0.4, 0.5) is 9.59 Å². The lowest BCUT2D eigenvalue weighted by Crippen LogP contribution is -2.58. The smallest absolute Gasteiger partial charge is 0.408 e. The van der Waals surface area contributed by atoms with E-state index >= 15 is 0 Å². The number of nitrogens with one attached hydrogen (secondary N) is 5. The topological polar surface area (TPSA) is 184 Å². The Morgan fingerprint density at radius 1 is 0.840 bits per heavy atom. The van der Waals surface area contributed by atoms with E-state index in [1.54, 1.807) is 61.5 Å². The Labute approximate surface area is 301 Å². The molecule has 5 amide bonds. The molecule has 14 heteroatoms. The summed E-state index contributed by atoms with van der Waals surface area (Å²) in [6.45, 7) is 17.8. The number of hydrogen-bond donors (Lipinski definition) is 6. The van der Waals surface area contributed by atoms with Crippen molar-refractivity contribution in [1.82, 2.24) is 26.6 Å². The van der Waals surface area contributed by atoms with E-state index in [0.717, 1.165) is 5.56 Å². The molecule has 0 unspecified atom stereocenters. The summed E-state index contributed by atoms with van der Waals surface area (Å²) in [5.74, 6) is -1.49. The van der Waals surface area contributed by atoms with Gasteiger partial charge in [-0.05, 0) is 76.4 Å². The maximum absolute atomic E-state index is 13.5. The molecule has 1 aromatic carbocycles. The Morgan fingerprint density at radius 3 is 1.92 bits per heavy atom. The van der Waals surface area contributed by atoms with Crippen LogP contribution in [-0.2, 0) is 30.5 Å². The van der Waals surface area contributed by atoms with Crippen LogP contribution in [-0.4, -0.2) is 88.9 Å². The highest BCUT2D eigenvalue weighted by atomic mass is 32.2. The van der Waals surface area contributed by atoms with Gasteiger partial charge in [0.2, 0.25) is 17.7 Å². The van der Waals surface area contributed by atoms with Gasteiger partial charge in [0.1, 0.15) is 30.3 Å².